The number of rotatable bonds is 5. The fourth-order valence-corrected chi connectivity index (χ4v) is 1.81. The van der Waals surface area contributed by atoms with Gasteiger partial charge in [-0.2, -0.15) is 11.8 Å². The van der Waals surface area contributed by atoms with E-state index >= 15 is 0 Å². The topological polar surface area (TPSA) is 25.8 Å². The highest BCUT2D eigenvalue weighted by atomic mass is 32.2. The molecule has 0 amide bonds. The fourth-order valence-electron chi connectivity index (χ4n) is 1.05. The van der Waals surface area contributed by atoms with Crippen molar-refractivity contribution < 1.29 is 0 Å². The standard InChI is InChI=1S/C11H18N2S/c1-4-5-14-8-11-12-6-10(7-13-11)9(2)3/h6-7,9H,4-5,8H2,1-3H3. The summed E-state index contributed by atoms with van der Waals surface area (Å²) in [5.74, 6) is 3.60. The Bertz CT molecular complexity index is 256. The first kappa shape index (κ1) is 11.5. The normalized spacial score (nSPS) is 10.9. The Morgan fingerprint density at radius 1 is 1.29 bits per heavy atom. The third-order valence-corrected chi connectivity index (χ3v) is 3.13. The number of hydrogen-bond acceptors (Lipinski definition) is 3. The van der Waals surface area contributed by atoms with Crippen LogP contribution in [0.25, 0.3) is 0 Å². The van der Waals surface area contributed by atoms with Crippen LogP contribution in [0.4, 0.5) is 0 Å². The zero-order valence-corrected chi connectivity index (χ0v) is 9.97. The Labute approximate surface area is 90.5 Å². The summed E-state index contributed by atoms with van der Waals surface area (Å²) >= 11 is 1.90. The molecule has 14 heavy (non-hydrogen) atoms. The van der Waals surface area contributed by atoms with Crippen LogP contribution in [0.1, 0.15) is 44.5 Å². The number of hydrogen-bond donors (Lipinski definition) is 0. The van der Waals surface area contributed by atoms with Crippen LogP contribution >= 0.6 is 11.8 Å². The van der Waals surface area contributed by atoms with Crippen LogP contribution in [0.2, 0.25) is 0 Å². The maximum Gasteiger partial charge on any atom is 0.138 e. The summed E-state index contributed by atoms with van der Waals surface area (Å²) in [5.41, 5.74) is 1.22. The molecule has 1 rings (SSSR count). The second kappa shape index (κ2) is 6.02. The molecular weight excluding hydrogens is 192 g/mol. The average molecular weight is 210 g/mol. The molecule has 0 saturated heterocycles. The average Bonchev–Trinajstić information content (AvgIpc) is 2.19. The van der Waals surface area contributed by atoms with E-state index in [9.17, 15) is 0 Å². The first-order valence-electron chi connectivity index (χ1n) is 5.12. The largest absolute Gasteiger partial charge is 0.240 e. The van der Waals surface area contributed by atoms with E-state index in [1.165, 1.54) is 17.7 Å². The van der Waals surface area contributed by atoms with Gasteiger partial charge in [-0.15, -0.1) is 0 Å². The van der Waals surface area contributed by atoms with E-state index in [0.29, 0.717) is 5.92 Å². The van der Waals surface area contributed by atoms with Gasteiger partial charge in [0, 0.05) is 12.4 Å². The van der Waals surface area contributed by atoms with Gasteiger partial charge in [0.2, 0.25) is 0 Å². The molecule has 0 spiro atoms. The van der Waals surface area contributed by atoms with Crippen molar-refractivity contribution in [3.63, 3.8) is 0 Å². The molecule has 0 fully saturated rings. The highest BCUT2D eigenvalue weighted by Gasteiger charge is 2.01. The second-order valence-corrected chi connectivity index (χ2v) is 4.75. The number of thioether (sulfide) groups is 1. The minimum atomic E-state index is 0.521. The predicted molar refractivity (Wildman–Crippen MR) is 62.6 cm³/mol. The van der Waals surface area contributed by atoms with E-state index in [1.54, 1.807) is 0 Å². The summed E-state index contributed by atoms with van der Waals surface area (Å²) in [6.07, 6.45) is 5.10. The molecule has 1 heterocycles. The number of aromatic nitrogens is 2. The van der Waals surface area contributed by atoms with Crippen molar-refractivity contribution in [2.45, 2.75) is 38.9 Å². The lowest BCUT2D eigenvalue weighted by Crippen LogP contribution is -1.96. The molecule has 0 aliphatic heterocycles. The van der Waals surface area contributed by atoms with Crippen molar-refractivity contribution in [2.75, 3.05) is 5.75 Å². The Morgan fingerprint density at radius 3 is 2.43 bits per heavy atom. The summed E-state index contributed by atoms with van der Waals surface area (Å²) in [5, 5.41) is 0. The monoisotopic (exact) mass is 210 g/mol. The minimum Gasteiger partial charge on any atom is -0.240 e. The maximum atomic E-state index is 4.34. The molecule has 0 radical (unpaired) electrons. The fraction of sp³-hybridized carbons (Fsp3) is 0.636. The lowest BCUT2D eigenvalue weighted by atomic mass is 10.1. The van der Waals surface area contributed by atoms with Gasteiger partial charge < -0.3 is 0 Å². The Kier molecular flexibility index (Phi) is 4.94. The lowest BCUT2D eigenvalue weighted by molar-refractivity contribution is 0.836. The van der Waals surface area contributed by atoms with Crippen LogP contribution in [0, 0.1) is 0 Å². The van der Waals surface area contributed by atoms with Crippen LogP contribution in [0.3, 0.4) is 0 Å². The molecule has 1 aromatic rings. The van der Waals surface area contributed by atoms with Gasteiger partial charge in [-0.3, -0.25) is 0 Å². The third-order valence-electron chi connectivity index (χ3n) is 1.97. The molecule has 2 nitrogen and oxygen atoms in total. The number of nitrogens with zero attached hydrogens (tertiary/aromatic N) is 2. The Hall–Kier alpha value is -0.570. The molecule has 78 valence electrons. The zero-order valence-electron chi connectivity index (χ0n) is 9.16. The van der Waals surface area contributed by atoms with Gasteiger partial charge in [-0.05, 0) is 23.7 Å². The van der Waals surface area contributed by atoms with E-state index < -0.39 is 0 Å². The molecule has 0 saturated carbocycles. The lowest BCUT2D eigenvalue weighted by Gasteiger charge is -2.04. The summed E-state index contributed by atoms with van der Waals surface area (Å²) in [4.78, 5) is 8.68. The summed E-state index contributed by atoms with van der Waals surface area (Å²) < 4.78 is 0. The molecule has 0 N–H and O–H groups in total. The molecule has 0 bridgehead atoms. The van der Waals surface area contributed by atoms with Gasteiger partial charge in [-0.25, -0.2) is 9.97 Å². The van der Waals surface area contributed by atoms with Crippen LogP contribution in [0.15, 0.2) is 12.4 Å². The molecule has 0 unspecified atom stereocenters. The molecule has 0 aliphatic rings. The zero-order chi connectivity index (χ0) is 10.4. The van der Waals surface area contributed by atoms with E-state index in [2.05, 4.69) is 30.7 Å². The SMILES string of the molecule is CCCSCc1ncc(C(C)C)cn1. The molecule has 0 aromatic carbocycles. The van der Waals surface area contributed by atoms with Crippen molar-refractivity contribution in [1.29, 1.82) is 0 Å². The maximum absolute atomic E-state index is 4.34. The van der Waals surface area contributed by atoms with Crippen LogP contribution in [-0.4, -0.2) is 15.7 Å². The van der Waals surface area contributed by atoms with Gasteiger partial charge in [0.15, 0.2) is 0 Å². The first-order valence-corrected chi connectivity index (χ1v) is 6.28. The van der Waals surface area contributed by atoms with Crippen LogP contribution < -0.4 is 0 Å². The molecule has 0 atom stereocenters. The van der Waals surface area contributed by atoms with E-state index in [1.807, 2.05) is 24.2 Å². The van der Waals surface area contributed by atoms with Crippen molar-refractivity contribution in [1.82, 2.24) is 9.97 Å². The highest BCUT2D eigenvalue weighted by molar-refractivity contribution is 7.98. The third kappa shape index (κ3) is 3.66. The van der Waals surface area contributed by atoms with Gasteiger partial charge in [0.05, 0.1) is 5.75 Å². The summed E-state index contributed by atoms with van der Waals surface area (Å²) in [7, 11) is 0. The van der Waals surface area contributed by atoms with E-state index in [-0.39, 0.29) is 0 Å². The van der Waals surface area contributed by atoms with Crippen LogP contribution in [-0.2, 0) is 5.75 Å². The molecule has 0 aliphatic carbocycles. The van der Waals surface area contributed by atoms with Crippen molar-refractivity contribution >= 4 is 11.8 Å². The predicted octanol–water partition coefficient (Wildman–Crippen LogP) is 3.24. The van der Waals surface area contributed by atoms with Crippen molar-refractivity contribution in [2.24, 2.45) is 0 Å². The van der Waals surface area contributed by atoms with Gasteiger partial charge >= 0.3 is 0 Å². The van der Waals surface area contributed by atoms with Crippen molar-refractivity contribution in [3.05, 3.63) is 23.8 Å². The quantitative estimate of drug-likeness (QED) is 0.698. The highest BCUT2D eigenvalue weighted by Crippen LogP contribution is 2.13. The van der Waals surface area contributed by atoms with Gasteiger partial charge in [0.25, 0.3) is 0 Å². The van der Waals surface area contributed by atoms with Crippen LogP contribution in [0.5, 0.6) is 0 Å². The summed E-state index contributed by atoms with van der Waals surface area (Å²) in [6.45, 7) is 6.50. The minimum absolute atomic E-state index is 0.521. The van der Waals surface area contributed by atoms with E-state index in [4.69, 9.17) is 0 Å². The first-order chi connectivity index (χ1) is 6.74. The van der Waals surface area contributed by atoms with Crippen molar-refractivity contribution in [3.8, 4) is 0 Å². The van der Waals surface area contributed by atoms with E-state index in [0.717, 1.165) is 11.6 Å². The molecular formula is C11H18N2S. The second-order valence-electron chi connectivity index (χ2n) is 3.64. The summed E-state index contributed by atoms with van der Waals surface area (Å²) in [6, 6.07) is 0. The molecule has 3 heteroatoms. The Morgan fingerprint density at radius 2 is 1.93 bits per heavy atom. The Balaban J connectivity index is 2.47. The smallest absolute Gasteiger partial charge is 0.138 e. The van der Waals surface area contributed by atoms with Gasteiger partial charge in [0.1, 0.15) is 5.82 Å². The van der Waals surface area contributed by atoms with Gasteiger partial charge in [-0.1, -0.05) is 20.8 Å². The molecule has 1 aromatic heterocycles.